The average molecular weight is 101 g/mol. The minimum absolute atomic E-state index is 1.25. The molecule has 0 aliphatic rings. The van der Waals surface area contributed by atoms with Crippen LogP contribution in [0.3, 0.4) is 0 Å². The number of hydrogen-bond donors (Lipinski definition) is 1. The first kappa shape index (κ1) is 6.43. The van der Waals surface area contributed by atoms with Crippen molar-refractivity contribution in [2.45, 2.75) is 0 Å². The van der Waals surface area contributed by atoms with Crippen LogP contribution in [0.15, 0.2) is 0 Å². The van der Waals surface area contributed by atoms with E-state index in [9.17, 15) is 0 Å². The van der Waals surface area contributed by atoms with Gasteiger partial charge in [0.05, 0.1) is 6.34 Å². The first-order chi connectivity index (χ1) is 3.18. The quantitative estimate of drug-likeness (QED) is 0.301. The van der Waals surface area contributed by atoms with Crippen molar-refractivity contribution in [3.8, 4) is 0 Å². The summed E-state index contributed by atoms with van der Waals surface area (Å²) in [6.07, 6.45) is 1.25. The van der Waals surface area contributed by atoms with Crippen molar-refractivity contribution in [1.82, 2.24) is 10.0 Å². The second-order valence-electron chi connectivity index (χ2n) is 1.55. The molecule has 0 heterocycles. The number of hydrogen-bond acceptors (Lipinski definition) is 2. The van der Waals surface area contributed by atoms with E-state index in [1.54, 1.807) is 5.01 Å². The Hall–Kier alpha value is -0.570. The maximum atomic E-state index is 6.70. The lowest BCUT2D eigenvalue weighted by Crippen LogP contribution is -2.31. The van der Waals surface area contributed by atoms with Gasteiger partial charge in [-0.15, -0.1) is 0 Å². The number of hydrazine groups is 1. The molecule has 1 N–H and O–H groups in total. The lowest BCUT2D eigenvalue weighted by Gasteiger charge is -2.19. The average Bonchev–Trinajstić information content (AvgIpc) is 1.65. The molecule has 3 heteroatoms. The van der Waals surface area contributed by atoms with Gasteiger partial charge in [0.2, 0.25) is 0 Å². The van der Waals surface area contributed by atoms with E-state index in [2.05, 4.69) is 0 Å². The smallest absolute Gasteiger partial charge is 0.0959 e. The summed E-state index contributed by atoms with van der Waals surface area (Å²) in [5.74, 6) is 0. The van der Waals surface area contributed by atoms with Crippen molar-refractivity contribution in [3.63, 3.8) is 0 Å². The molecule has 0 aromatic heterocycles. The van der Waals surface area contributed by atoms with Crippen molar-refractivity contribution >= 4 is 6.34 Å². The molecule has 0 aliphatic heterocycles. The molecule has 0 aliphatic carbocycles. The Morgan fingerprint density at radius 1 is 1.29 bits per heavy atom. The van der Waals surface area contributed by atoms with Gasteiger partial charge < -0.3 is 0 Å². The first-order valence-corrected chi connectivity index (χ1v) is 2.09. The summed E-state index contributed by atoms with van der Waals surface area (Å²) in [7, 11) is 5.57. The molecule has 0 spiro atoms. The molecular weight excluding hydrogens is 90.1 g/mol. The van der Waals surface area contributed by atoms with Crippen molar-refractivity contribution in [2.24, 2.45) is 0 Å². The summed E-state index contributed by atoms with van der Waals surface area (Å²) in [5, 5.41) is 10.2. The zero-order valence-electron chi connectivity index (χ0n) is 4.97. The van der Waals surface area contributed by atoms with E-state index in [1.807, 2.05) is 26.2 Å². The fourth-order valence-corrected chi connectivity index (χ4v) is 0.115. The van der Waals surface area contributed by atoms with E-state index in [0.29, 0.717) is 0 Å². The summed E-state index contributed by atoms with van der Waals surface area (Å²) < 4.78 is 0. The molecule has 7 heavy (non-hydrogen) atoms. The highest BCUT2D eigenvalue weighted by molar-refractivity contribution is 5.48. The molecule has 0 rings (SSSR count). The third-order valence-corrected chi connectivity index (χ3v) is 0.818. The van der Waals surface area contributed by atoms with Gasteiger partial charge in [-0.3, -0.25) is 10.4 Å². The largest absolute Gasteiger partial charge is 0.300 e. The van der Waals surface area contributed by atoms with Gasteiger partial charge in [0.15, 0.2) is 0 Å². The van der Waals surface area contributed by atoms with E-state index in [4.69, 9.17) is 5.41 Å². The topological polar surface area (TPSA) is 30.3 Å². The first-order valence-electron chi connectivity index (χ1n) is 2.09. The number of rotatable bonds is 2. The molecule has 0 amide bonds. The van der Waals surface area contributed by atoms with E-state index in [0.717, 1.165) is 0 Å². The maximum absolute atomic E-state index is 6.70. The highest BCUT2D eigenvalue weighted by Crippen LogP contribution is 1.75. The highest BCUT2D eigenvalue weighted by atomic mass is 15.6. The Bertz CT molecular complexity index is 60.0. The zero-order chi connectivity index (χ0) is 5.86. The Labute approximate surface area is 44.0 Å². The van der Waals surface area contributed by atoms with Gasteiger partial charge in [-0.25, -0.2) is 5.01 Å². The molecule has 0 atom stereocenters. The molecule has 3 nitrogen and oxygen atoms in total. The Morgan fingerprint density at radius 3 is 1.71 bits per heavy atom. The number of nitrogens with one attached hydrogen (secondary N) is 1. The van der Waals surface area contributed by atoms with Crippen molar-refractivity contribution in [2.75, 3.05) is 21.1 Å². The van der Waals surface area contributed by atoms with Crippen LogP contribution in [0.4, 0.5) is 0 Å². The third kappa shape index (κ3) is 2.17. The predicted molar refractivity (Wildman–Crippen MR) is 30.2 cm³/mol. The van der Waals surface area contributed by atoms with E-state index in [1.165, 1.54) is 6.34 Å². The maximum Gasteiger partial charge on any atom is 0.0959 e. The van der Waals surface area contributed by atoms with Crippen molar-refractivity contribution in [1.29, 1.82) is 5.41 Å². The minimum Gasteiger partial charge on any atom is -0.300 e. The van der Waals surface area contributed by atoms with Crippen molar-refractivity contribution in [3.05, 3.63) is 0 Å². The predicted octanol–water partition coefficient (Wildman–Crippen LogP) is 0.00187. The summed E-state index contributed by atoms with van der Waals surface area (Å²) in [6, 6.07) is 0. The molecule has 42 valence electrons. The van der Waals surface area contributed by atoms with Crippen LogP contribution in [-0.2, 0) is 0 Å². The standard InChI is InChI=1S/C4H11N3/c1-6(2)7(3)4-5/h4-5H,1-3H3. The monoisotopic (exact) mass is 101 g/mol. The molecular formula is C4H11N3. The van der Waals surface area contributed by atoms with Crippen molar-refractivity contribution < 1.29 is 0 Å². The summed E-state index contributed by atoms with van der Waals surface area (Å²) in [6.45, 7) is 0. The zero-order valence-corrected chi connectivity index (χ0v) is 4.97. The van der Waals surface area contributed by atoms with Crippen LogP contribution >= 0.6 is 0 Å². The Morgan fingerprint density at radius 2 is 1.71 bits per heavy atom. The van der Waals surface area contributed by atoms with Crippen LogP contribution in [0.5, 0.6) is 0 Å². The van der Waals surface area contributed by atoms with Gasteiger partial charge in [-0.2, -0.15) is 0 Å². The summed E-state index contributed by atoms with van der Waals surface area (Å²) >= 11 is 0. The molecule has 0 aromatic carbocycles. The van der Waals surface area contributed by atoms with Gasteiger partial charge in [0.1, 0.15) is 0 Å². The van der Waals surface area contributed by atoms with Crippen LogP contribution in [0.1, 0.15) is 0 Å². The molecule has 0 radical (unpaired) electrons. The second kappa shape index (κ2) is 2.58. The minimum atomic E-state index is 1.25. The van der Waals surface area contributed by atoms with Crippen LogP contribution in [0.2, 0.25) is 0 Å². The SMILES string of the molecule is CN(C)N(C)C=N. The molecule has 0 saturated carbocycles. The van der Waals surface area contributed by atoms with Crippen LogP contribution in [0.25, 0.3) is 0 Å². The third-order valence-electron chi connectivity index (χ3n) is 0.818. The molecule has 0 unspecified atom stereocenters. The van der Waals surface area contributed by atoms with Gasteiger partial charge in [-0.1, -0.05) is 0 Å². The van der Waals surface area contributed by atoms with Gasteiger partial charge in [-0.05, 0) is 0 Å². The van der Waals surface area contributed by atoms with Gasteiger partial charge in [0, 0.05) is 21.1 Å². The van der Waals surface area contributed by atoms with Crippen LogP contribution in [-0.4, -0.2) is 37.5 Å². The normalized spacial score (nSPS) is 9.14. The van der Waals surface area contributed by atoms with E-state index >= 15 is 0 Å². The second-order valence-corrected chi connectivity index (χ2v) is 1.55. The molecule has 0 aromatic rings. The highest BCUT2D eigenvalue weighted by Gasteiger charge is 1.87. The van der Waals surface area contributed by atoms with Gasteiger partial charge >= 0.3 is 0 Å². The van der Waals surface area contributed by atoms with Gasteiger partial charge in [0.25, 0.3) is 0 Å². The Kier molecular flexibility index (Phi) is 2.37. The lowest BCUT2D eigenvalue weighted by molar-refractivity contribution is 0.150. The molecule has 0 saturated heterocycles. The fourth-order valence-electron chi connectivity index (χ4n) is 0.115. The Balaban J connectivity index is 3.33. The number of nitrogens with zero attached hydrogens (tertiary/aromatic N) is 2. The van der Waals surface area contributed by atoms with Crippen LogP contribution in [0, 0.1) is 5.41 Å². The summed E-state index contributed by atoms with van der Waals surface area (Å²) in [5.41, 5.74) is 0. The molecule has 0 bridgehead atoms. The summed E-state index contributed by atoms with van der Waals surface area (Å²) in [4.78, 5) is 0. The van der Waals surface area contributed by atoms with E-state index < -0.39 is 0 Å². The molecule has 0 fully saturated rings. The van der Waals surface area contributed by atoms with Crippen LogP contribution < -0.4 is 0 Å². The fraction of sp³-hybridized carbons (Fsp3) is 0.750. The lowest BCUT2D eigenvalue weighted by atomic mass is 11.0. The van der Waals surface area contributed by atoms with E-state index in [-0.39, 0.29) is 0 Å².